The lowest BCUT2D eigenvalue weighted by molar-refractivity contribution is -0.140. The largest absolute Gasteiger partial charge is 0.394 e. The van der Waals surface area contributed by atoms with E-state index in [1.54, 1.807) is 0 Å². The molecule has 0 spiro atoms. The van der Waals surface area contributed by atoms with Crippen LogP contribution in [0.15, 0.2) is 42.9 Å². The molecule has 3 rings (SSSR count). The maximum atomic E-state index is 14.2. The summed E-state index contributed by atoms with van der Waals surface area (Å²) in [5, 5.41) is 23.0. The van der Waals surface area contributed by atoms with Crippen LogP contribution in [0, 0.1) is 5.92 Å². The van der Waals surface area contributed by atoms with Crippen LogP contribution in [0.5, 0.6) is 0 Å². The van der Waals surface area contributed by atoms with Crippen molar-refractivity contribution < 1.29 is 43.4 Å². The Morgan fingerprint density at radius 1 is 0.903 bits per heavy atom. The number of ether oxygens (including phenoxy) is 1. The van der Waals surface area contributed by atoms with Gasteiger partial charge in [-0.3, -0.25) is 33.6 Å². The summed E-state index contributed by atoms with van der Waals surface area (Å²) >= 11 is 4.04. The first kappa shape index (κ1) is 51.3. The van der Waals surface area contributed by atoms with E-state index >= 15 is 0 Å². The Balaban J connectivity index is 1.72. The highest BCUT2D eigenvalue weighted by molar-refractivity contribution is 7.80. The molecule has 7 amide bonds. The Hall–Kier alpha value is -5.05. The number of imidazole rings is 1. The molecule has 0 saturated carbocycles. The smallest absolute Gasteiger partial charge is 0.245 e. The number of nitrogens with two attached hydrogens (primary N) is 2. The number of nitrogens with zero attached hydrogens (tertiary/aromatic N) is 2. The number of aliphatic hydroxyl groups is 1. The van der Waals surface area contributed by atoms with Gasteiger partial charge in [-0.1, -0.05) is 50.6 Å². The lowest BCUT2D eigenvalue weighted by atomic mass is 10.0. The van der Waals surface area contributed by atoms with Gasteiger partial charge < -0.3 is 57.8 Å². The normalized spacial score (nSPS) is 17.3. The van der Waals surface area contributed by atoms with Crippen LogP contribution in [0.3, 0.4) is 0 Å². The topological polar surface area (TPSA) is 293 Å². The molecule has 1 fully saturated rings. The number of carbonyl (C=O) groups excluding carboxylic acids is 7. The van der Waals surface area contributed by atoms with Gasteiger partial charge in [-0.25, -0.2) is 4.98 Å². The molecule has 19 nitrogen and oxygen atoms in total. The lowest BCUT2D eigenvalue weighted by Gasteiger charge is -2.28. The van der Waals surface area contributed by atoms with Crippen LogP contribution in [-0.2, 0) is 51.1 Å². The van der Waals surface area contributed by atoms with Gasteiger partial charge in [0.15, 0.2) is 0 Å². The second-order valence-corrected chi connectivity index (χ2v) is 16.4. The van der Waals surface area contributed by atoms with Crippen molar-refractivity contribution >= 4 is 54.0 Å². The molecule has 0 bridgehead atoms. The predicted molar refractivity (Wildman–Crippen MR) is 234 cm³/mol. The summed E-state index contributed by atoms with van der Waals surface area (Å²) in [4.78, 5) is 100. The van der Waals surface area contributed by atoms with Crippen LogP contribution in [0.4, 0.5) is 0 Å². The SMILES string of the molecule is CC(C)C[C@H](NC(=O)[C@@H]1C[C@H](OCCCCc2ccccc2)CN1C(=O)CCCCCNC(=O)C(N)CS)C(=O)N[C@@H](Cc1cnc[nH]1)C(=O)N[C@@H](CO)C(=O)N[C@@H](C)C(N)=O. The van der Waals surface area contributed by atoms with Crippen LogP contribution < -0.4 is 38.1 Å². The molecule has 0 aliphatic carbocycles. The maximum Gasteiger partial charge on any atom is 0.245 e. The van der Waals surface area contributed by atoms with Crippen molar-refractivity contribution in [1.82, 2.24) is 41.5 Å². The monoisotopic (exact) mass is 886 g/mol. The third-order valence-electron chi connectivity index (χ3n) is 10.4. The minimum absolute atomic E-state index is 0.0904. The summed E-state index contributed by atoms with van der Waals surface area (Å²) in [6, 6.07) is 3.49. The van der Waals surface area contributed by atoms with Gasteiger partial charge in [0.1, 0.15) is 30.2 Å². The van der Waals surface area contributed by atoms with E-state index in [1.807, 2.05) is 32.0 Å². The number of aromatic amines is 1. The average Bonchev–Trinajstić information content (AvgIpc) is 3.93. The van der Waals surface area contributed by atoms with E-state index in [2.05, 4.69) is 61.3 Å². The molecule has 62 heavy (non-hydrogen) atoms. The van der Waals surface area contributed by atoms with Gasteiger partial charge in [-0.2, -0.15) is 12.6 Å². The van der Waals surface area contributed by atoms with Crippen LogP contribution in [0.25, 0.3) is 0 Å². The zero-order chi connectivity index (χ0) is 45.6. The fourth-order valence-electron chi connectivity index (χ4n) is 6.84. The fourth-order valence-corrected chi connectivity index (χ4v) is 7.00. The van der Waals surface area contributed by atoms with Crippen molar-refractivity contribution in [1.29, 1.82) is 0 Å². The molecular weight excluding hydrogens is 821 g/mol. The second kappa shape index (κ2) is 27.1. The van der Waals surface area contributed by atoms with Crippen LogP contribution in [-0.4, -0.2) is 136 Å². The molecule has 20 heteroatoms. The Morgan fingerprint density at radius 3 is 2.24 bits per heavy atom. The van der Waals surface area contributed by atoms with Crippen LogP contribution >= 0.6 is 12.6 Å². The highest BCUT2D eigenvalue weighted by Gasteiger charge is 2.41. The Bertz CT molecular complexity index is 1740. The zero-order valence-electron chi connectivity index (χ0n) is 36.0. The first-order valence-electron chi connectivity index (χ1n) is 21.3. The molecule has 2 aromatic rings. The van der Waals surface area contributed by atoms with Crippen LogP contribution in [0.1, 0.15) is 83.4 Å². The summed E-state index contributed by atoms with van der Waals surface area (Å²) in [5.74, 6) is -4.15. The van der Waals surface area contributed by atoms with E-state index < -0.39 is 78.5 Å². The minimum Gasteiger partial charge on any atom is -0.394 e. The third kappa shape index (κ3) is 17.7. The van der Waals surface area contributed by atoms with E-state index in [4.69, 9.17) is 16.2 Å². The highest BCUT2D eigenvalue weighted by atomic mass is 32.1. The first-order valence-corrected chi connectivity index (χ1v) is 21.9. The summed E-state index contributed by atoms with van der Waals surface area (Å²) in [5.41, 5.74) is 12.6. The molecule has 1 aliphatic heterocycles. The summed E-state index contributed by atoms with van der Waals surface area (Å²) < 4.78 is 6.22. The average molecular weight is 887 g/mol. The number of likely N-dealkylation sites (tertiary alicyclic amines) is 1. The van der Waals surface area contributed by atoms with E-state index in [9.17, 15) is 38.7 Å². The van der Waals surface area contributed by atoms with Crippen molar-refractivity contribution in [2.45, 2.75) is 127 Å². The minimum atomic E-state index is -1.48. The number of rotatable bonds is 28. The molecule has 11 N–H and O–H groups in total. The number of aromatic nitrogens is 2. The summed E-state index contributed by atoms with van der Waals surface area (Å²) in [7, 11) is 0. The lowest BCUT2D eigenvalue weighted by Crippen LogP contribution is -2.60. The molecule has 7 atom stereocenters. The molecule has 1 unspecified atom stereocenters. The van der Waals surface area contributed by atoms with Gasteiger partial charge in [0.05, 0.1) is 25.1 Å². The number of aryl methyl sites for hydroxylation is 1. The molecule has 1 aromatic carbocycles. The number of carbonyl (C=O) groups is 7. The molecule has 0 radical (unpaired) electrons. The van der Waals surface area contributed by atoms with Gasteiger partial charge in [-0.05, 0) is 56.9 Å². The van der Waals surface area contributed by atoms with Crippen molar-refractivity contribution in [2.24, 2.45) is 17.4 Å². The maximum absolute atomic E-state index is 14.2. The third-order valence-corrected chi connectivity index (χ3v) is 10.8. The first-order chi connectivity index (χ1) is 29.6. The molecule has 1 saturated heterocycles. The molecule has 344 valence electrons. The number of H-pyrrole nitrogens is 1. The Labute approximate surface area is 368 Å². The number of nitrogens with one attached hydrogen (secondary N) is 6. The Morgan fingerprint density at radius 2 is 1.60 bits per heavy atom. The highest BCUT2D eigenvalue weighted by Crippen LogP contribution is 2.24. The van der Waals surface area contributed by atoms with Crippen molar-refractivity contribution in [2.75, 3.05) is 32.1 Å². The summed E-state index contributed by atoms with van der Waals surface area (Å²) in [6.07, 6.45) is 7.26. The number of aliphatic hydroxyl groups excluding tert-OH is 1. The van der Waals surface area contributed by atoms with Crippen molar-refractivity contribution in [3.8, 4) is 0 Å². The molecule has 1 aliphatic rings. The Kier molecular flexibility index (Phi) is 22.4. The number of hydrogen-bond donors (Lipinski definition) is 10. The quantitative estimate of drug-likeness (QED) is 0.0380. The van der Waals surface area contributed by atoms with E-state index in [0.29, 0.717) is 38.1 Å². The number of unbranched alkanes of at least 4 members (excludes halogenated alkanes) is 3. The van der Waals surface area contributed by atoms with Gasteiger partial charge in [0, 0.05) is 56.6 Å². The predicted octanol–water partition coefficient (Wildman–Crippen LogP) is -0.622. The molecule has 1 aromatic heterocycles. The number of thiol groups is 1. The van der Waals surface area contributed by atoms with Crippen molar-refractivity contribution in [3.05, 3.63) is 54.1 Å². The molecular formula is C42H66N10O9S. The second-order valence-electron chi connectivity index (χ2n) is 16.0. The summed E-state index contributed by atoms with van der Waals surface area (Å²) in [6.45, 7) is 5.30. The van der Waals surface area contributed by atoms with Gasteiger partial charge in [-0.15, -0.1) is 0 Å². The van der Waals surface area contributed by atoms with Gasteiger partial charge >= 0.3 is 0 Å². The standard InChI is InChI=1S/C42H66N10O9S/c1-26(2)18-32(39(57)49-33(19-29-21-45-25-47-29)40(58)51-34(23-53)41(59)48-27(3)37(44)55)50-42(60)35-20-30(61-17-11-9-14-28-12-6-4-7-13-28)22-52(35)36(54)15-8-5-10-16-46-38(56)31(43)24-62/h4,6-7,12-13,21,25-27,30-35,53,62H,5,8-11,14-20,22-24,43H2,1-3H3,(H2,44,55)(H,45,47)(H,46,56)(H,48,59)(H,49,57)(H,50,60)(H,51,58)/t27-,30-,31?,32-,33-,34-,35-/m0/s1. The van der Waals surface area contributed by atoms with Gasteiger partial charge in [0.25, 0.3) is 0 Å². The fraction of sp³-hybridized carbons (Fsp3) is 0.619. The van der Waals surface area contributed by atoms with E-state index in [0.717, 1.165) is 19.3 Å². The van der Waals surface area contributed by atoms with E-state index in [-0.39, 0.29) is 55.7 Å². The zero-order valence-corrected chi connectivity index (χ0v) is 36.9. The van der Waals surface area contributed by atoms with Gasteiger partial charge in [0.2, 0.25) is 41.4 Å². The number of hydrogen-bond acceptors (Lipinski definition) is 12. The van der Waals surface area contributed by atoms with E-state index in [1.165, 1.54) is 29.9 Å². The number of primary amides is 1. The molecule has 2 heterocycles. The van der Waals surface area contributed by atoms with Crippen molar-refractivity contribution in [3.63, 3.8) is 0 Å². The number of amides is 7. The van der Waals surface area contributed by atoms with Crippen LogP contribution in [0.2, 0.25) is 0 Å². The number of benzene rings is 1.